The molecule has 59 heavy (non-hydrogen) atoms. The SMILES string of the molecule is Cc1ccc(C(=O)Oc2ccc(CS[P@]3(=O)OC[C@H]4O[C@@H](n5cnc6c(N)ncnc65)[C@H](OP(=O)(O)OC[C@H]5O[C@@H](n6ccc(=O)[nH]c6=O)[C@H](O3)[C@@H]5F)[C@@H]4F)cc2)cc1. The topological polar surface area (TPSA) is 261 Å². The number of nitrogens with two attached hydrogens (primary N) is 1. The molecule has 3 aliphatic heterocycles. The van der Waals surface area contributed by atoms with Gasteiger partial charge in [0.05, 0.1) is 25.1 Å². The lowest BCUT2D eigenvalue weighted by Gasteiger charge is -2.27. The highest BCUT2D eigenvalue weighted by atomic mass is 32.7. The van der Waals surface area contributed by atoms with Gasteiger partial charge in [-0.05, 0) is 48.1 Å². The molecule has 2 aromatic carbocycles. The second kappa shape index (κ2) is 16.4. The first-order valence-electron chi connectivity index (χ1n) is 17.6. The minimum atomic E-state index is -5.26. The van der Waals surface area contributed by atoms with Gasteiger partial charge < -0.3 is 24.8 Å². The fourth-order valence-corrected chi connectivity index (χ4v) is 10.7. The van der Waals surface area contributed by atoms with E-state index in [9.17, 15) is 28.4 Å². The summed E-state index contributed by atoms with van der Waals surface area (Å²) in [7, 11) is -5.26. The number of aryl methyl sites for hydroxylation is 1. The van der Waals surface area contributed by atoms with Crippen molar-refractivity contribution in [2.24, 2.45) is 0 Å². The van der Waals surface area contributed by atoms with E-state index in [0.29, 0.717) is 22.5 Å². The van der Waals surface area contributed by atoms with Gasteiger partial charge in [0.1, 0.15) is 42.0 Å². The number of phosphoric acid groups is 1. The number of nitrogen functional groups attached to an aromatic ring is 1. The average Bonchev–Trinajstić information content (AvgIpc) is 3.86. The molecule has 6 heterocycles. The number of esters is 1. The monoisotopic (exact) mass is 879 g/mol. The van der Waals surface area contributed by atoms with E-state index in [0.717, 1.165) is 28.7 Å². The Labute approximate surface area is 334 Å². The molecule has 3 saturated heterocycles. The summed E-state index contributed by atoms with van der Waals surface area (Å²) in [6.45, 7) is -4.66. The minimum Gasteiger partial charge on any atom is -0.423 e. The fourth-order valence-electron chi connectivity index (χ4n) is 6.44. The molecular formula is C34H33F2N7O13P2S. The smallest absolute Gasteiger partial charge is 0.423 e. The van der Waals surface area contributed by atoms with Crippen LogP contribution < -0.4 is 21.7 Å². The molecule has 0 saturated carbocycles. The molecule has 4 bridgehead atoms. The van der Waals surface area contributed by atoms with Crippen LogP contribution in [0.3, 0.4) is 0 Å². The molecule has 1 unspecified atom stereocenters. The van der Waals surface area contributed by atoms with Crippen LogP contribution in [-0.4, -0.2) is 89.9 Å². The number of H-pyrrole nitrogens is 1. The Kier molecular flexibility index (Phi) is 11.4. The lowest BCUT2D eigenvalue weighted by molar-refractivity contribution is -0.0648. The van der Waals surface area contributed by atoms with E-state index in [-0.39, 0.29) is 28.5 Å². The van der Waals surface area contributed by atoms with Crippen LogP contribution in [0.2, 0.25) is 0 Å². The Morgan fingerprint density at radius 2 is 1.59 bits per heavy atom. The molecule has 312 valence electrons. The fraction of sp³-hybridized carbons (Fsp3) is 0.353. The highest BCUT2D eigenvalue weighted by molar-refractivity contribution is 8.54. The number of halogens is 2. The standard InChI is InChI=1S/C34H33F2N7O13P2S/c1-17-2-6-19(7-3-17)33(45)52-20-8-4-18(5-9-20)14-59-58(49)51-13-22-24(35)27(32(54-22)43-16-40-26-29(37)38-15-39-30(26)43)55-57(47,48)50-12-21-25(36)28(56-58)31(53-21)42-11-10-23(44)41-34(42)46/h2-11,15-16,21-22,24-25,27-28,31-32H,12-14H2,1H3,(H,47,48)(H2,37,38,39)(H,41,44,46)/t21-,22-,24-,25-,27-,28-,31-,32-,58-/m1/s1. The summed E-state index contributed by atoms with van der Waals surface area (Å²) >= 11 is 0.568. The highest BCUT2D eigenvalue weighted by Gasteiger charge is 2.55. The summed E-state index contributed by atoms with van der Waals surface area (Å²) in [5.74, 6) is -0.536. The minimum absolute atomic E-state index is 0.0262. The third kappa shape index (κ3) is 8.67. The number of nitrogens with one attached hydrogen (secondary N) is 1. The van der Waals surface area contributed by atoms with Crippen LogP contribution >= 0.6 is 26.0 Å². The van der Waals surface area contributed by atoms with Crippen molar-refractivity contribution in [3.8, 4) is 5.75 Å². The summed E-state index contributed by atoms with van der Waals surface area (Å²) in [6, 6.07) is 13.9. The molecular weight excluding hydrogens is 846 g/mol. The summed E-state index contributed by atoms with van der Waals surface area (Å²) < 4.78 is 102. The number of ether oxygens (including phenoxy) is 3. The van der Waals surface area contributed by atoms with Gasteiger partial charge in [-0.25, -0.2) is 42.5 Å². The molecule has 0 radical (unpaired) electrons. The normalized spacial score (nSPS) is 31.2. The van der Waals surface area contributed by atoms with Crippen LogP contribution in [0.1, 0.15) is 33.9 Å². The van der Waals surface area contributed by atoms with E-state index >= 15 is 8.78 Å². The van der Waals surface area contributed by atoms with Gasteiger partial charge in [0, 0.05) is 18.0 Å². The van der Waals surface area contributed by atoms with Gasteiger partial charge >= 0.3 is 26.3 Å². The Hall–Kier alpha value is -4.67. The zero-order valence-corrected chi connectivity index (χ0v) is 33.0. The number of rotatable bonds is 7. The maximum Gasteiger partial charge on any atom is 0.472 e. The van der Waals surface area contributed by atoms with Crippen molar-refractivity contribution >= 4 is 49.0 Å². The van der Waals surface area contributed by atoms with Crippen LogP contribution in [0.25, 0.3) is 11.2 Å². The predicted molar refractivity (Wildman–Crippen MR) is 202 cm³/mol. The molecule has 0 spiro atoms. The van der Waals surface area contributed by atoms with E-state index in [1.54, 1.807) is 36.4 Å². The molecule has 0 amide bonds. The van der Waals surface area contributed by atoms with E-state index in [2.05, 4.69) is 15.0 Å². The van der Waals surface area contributed by atoms with E-state index in [4.69, 9.17) is 38.0 Å². The van der Waals surface area contributed by atoms with E-state index < -0.39 is 94.3 Å². The van der Waals surface area contributed by atoms with Gasteiger partial charge in [0.15, 0.2) is 36.3 Å². The largest absolute Gasteiger partial charge is 0.472 e. The Morgan fingerprint density at radius 3 is 2.29 bits per heavy atom. The molecule has 3 fully saturated rings. The molecule has 3 aliphatic rings. The Morgan fingerprint density at radius 1 is 0.932 bits per heavy atom. The number of imidazole rings is 1. The number of carbonyl (C=O) groups excluding carboxylic acids is 1. The van der Waals surface area contributed by atoms with Gasteiger partial charge in [0.2, 0.25) is 0 Å². The summed E-state index contributed by atoms with van der Waals surface area (Å²) in [6.07, 6.45) is -11.9. The third-order valence-electron chi connectivity index (χ3n) is 9.43. The van der Waals surface area contributed by atoms with Gasteiger partial charge in [-0.1, -0.05) is 29.8 Å². The van der Waals surface area contributed by atoms with Gasteiger partial charge in [-0.2, -0.15) is 0 Å². The quantitative estimate of drug-likeness (QED) is 0.119. The van der Waals surface area contributed by atoms with Crippen molar-refractivity contribution < 1.29 is 59.9 Å². The number of hydrogen-bond acceptors (Lipinski definition) is 17. The molecule has 8 rings (SSSR count). The number of aromatic nitrogens is 6. The Bertz CT molecular complexity index is 2580. The number of fused-ring (bicyclic) bond motifs is 5. The average molecular weight is 880 g/mol. The number of carbonyl (C=O) groups is 1. The second-order valence-corrected chi connectivity index (χ2v) is 18.9. The lowest BCUT2D eigenvalue weighted by Crippen LogP contribution is -2.38. The van der Waals surface area contributed by atoms with Crippen molar-refractivity contribution in [2.45, 2.75) is 61.9 Å². The van der Waals surface area contributed by atoms with Crippen LogP contribution in [0.15, 0.2) is 83.0 Å². The summed E-state index contributed by atoms with van der Waals surface area (Å²) in [5.41, 5.74) is 6.03. The van der Waals surface area contributed by atoms with Gasteiger partial charge in [-0.15, -0.1) is 0 Å². The molecule has 0 aliphatic carbocycles. The molecule has 25 heteroatoms. The number of benzene rings is 2. The highest BCUT2D eigenvalue weighted by Crippen LogP contribution is 2.65. The van der Waals surface area contributed by atoms with Crippen molar-refractivity contribution in [3.63, 3.8) is 0 Å². The first-order valence-corrected chi connectivity index (χ1v) is 22.2. The maximum absolute atomic E-state index is 16.4. The number of alkyl halides is 2. The third-order valence-corrected chi connectivity index (χ3v) is 14.1. The maximum atomic E-state index is 16.4. The van der Waals surface area contributed by atoms with E-state index in [1.165, 1.54) is 23.0 Å². The number of nitrogens with zero attached hydrogens (tertiary/aromatic N) is 5. The molecule has 3 aromatic heterocycles. The number of anilines is 1. The van der Waals surface area contributed by atoms with Crippen LogP contribution in [-0.2, 0) is 42.5 Å². The number of phosphoric ester groups is 1. The van der Waals surface area contributed by atoms with Crippen LogP contribution in [0.4, 0.5) is 14.6 Å². The van der Waals surface area contributed by atoms with Gasteiger partial charge in [-0.3, -0.25) is 37.0 Å². The van der Waals surface area contributed by atoms with E-state index in [1.807, 2.05) is 11.9 Å². The first kappa shape index (κ1) is 41.1. The van der Waals surface area contributed by atoms with Crippen molar-refractivity contribution in [2.75, 3.05) is 18.9 Å². The van der Waals surface area contributed by atoms with Crippen LogP contribution in [0, 0.1) is 6.92 Å². The first-order chi connectivity index (χ1) is 28.2. The number of hydrogen-bond donors (Lipinski definition) is 3. The molecule has 10 atom stereocenters. The summed E-state index contributed by atoms with van der Waals surface area (Å²) in [5, 5.41) is 0. The zero-order chi connectivity index (χ0) is 41.6. The summed E-state index contributed by atoms with van der Waals surface area (Å²) in [4.78, 5) is 62.2. The molecule has 4 N–H and O–H groups in total. The van der Waals surface area contributed by atoms with Crippen molar-refractivity contribution in [1.29, 1.82) is 0 Å². The lowest BCUT2D eigenvalue weighted by atomic mass is 10.1. The van der Waals surface area contributed by atoms with Crippen molar-refractivity contribution in [1.82, 2.24) is 29.1 Å². The predicted octanol–water partition coefficient (Wildman–Crippen LogP) is 3.92. The van der Waals surface area contributed by atoms with Gasteiger partial charge in [0.25, 0.3) is 5.56 Å². The Balaban J connectivity index is 1.09. The zero-order valence-electron chi connectivity index (χ0n) is 30.4. The molecule has 5 aromatic rings. The number of aromatic amines is 1. The van der Waals surface area contributed by atoms with Crippen molar-refractivity contribution in [3.05, 3.63) is 111 Å². The molecule has 20 nitrogen and oxygen atoms in total. The van der Waals surface area contributed by atoms with Crippen LogP contribution in [0.5, 0.6) is 5.75 Å². The second-order valence-electron chi connectivity index (χ2n) is 13.4.